The molecule has 0 aliphatic heterocycles. The highest BCUT2D eigenvalue weighted by Gasteiger charge is 2.38. The molecule has 35 heavy (non-hydrogen) atoms. The topological polar surface area (TPSA) is 72.9 Å². The first-order valence-electron chi connectivity index (χ1n) is 12.1. The molecule has 1 aromatic carbocycles. The Morgan fingerprint density at radius 3 is 2.11 bits per heavy atom. The third-order valence-electron chi connectivity index (χ3n) is 6.24. The van der Waals surface area contributed by atoms with Crippen molar-refractivity contribution in [3.8, 4) is 0 Å². The molecule has 1 atom stereocenters. The minimum absolute atomic E-state index is 0.0335. The van der Waals surface area contributed by atoms with Crippen LogP contribution in [0.5, 0.6) is 0 Å². The van der Waals surface area contributed by atoms with Gasteiger partial charge in [0.05, 0.1) is 10.9 Å². The van der Waals surface area contributed by atoms with Crippen molar-refractivity contribution in [1.82, 2.24) is 4.31 Å². The molecule has 0 N–H and O–H groups in total. The second kappa shape index (κ2) is 12.0. The maximum atomic E-state index is 13.7. The Hall–Kier alpha value is -1.74. The van der Waals surface area contributed by atoms with E-state index in [2.05, 4.69) is 47.0 Å². The van der Waals surface area contributed by atoms with Gasteiger partial charge < -0.3 is 9.16 Å². The zero-order chi connectivity index (χ0) is 27.2. The molecule has 0 saturated carbocycles. The van der Waals surface area contributed by atoms with Crippen LogP contribution in [0.25, 0.3) is 0 Å². The molecule has 1 aromatic rings. The van der Waals surface area contributed by atoms with Gasteiger partial charge in [-0.05, 0) is 70.8 Å². The molecule has 0 spiro atoms. The van der Waals surface area contributed by atoms with E-state index in [1.54, 1.807) is 45.0 Å². The van der Waals surface area contributed by atoms with Crippen molar-refractivity contribution in [2.45, 2.75) is 96.0 Å². The van der Waals surface area contributed by atoms with Crippen LogP contribution in [-0.4, -0.2) is 51.8 Å². The van der Waals surface area contributed by atoms with Crippen molar-refractivity contribution in [3.63, 3.8) is 0 Å². The summed E-state index contributed by atoms with van der Waals surface area (Å²) >= 11 is 0. The highest BCUT2D eigenvalue weighted by atomic mass is 32.2. The molecule has 8 heteroatoms. The van der Waals surface area contributed by atoms with E-state index in [1.807, 2.05) is 6.92 Å². The van der Waals surface area contributed by atoms with E-state index < -0.39 is 36.0 Å². The summed E-state index contributed by atoms with van der Waals surface area (Å²) in [6, 6.07) is 5.87. The molecule has 0 heterocycles. The average Bonchev–Trinajstić information content (AvgIpc) is 2.70. The van der Waals surface area contributed by atoms with E-state index in [1.165, 1.54) is 10.4 Å². The first-order valence-corrected chi connectivity index (χ1v) is 16.4. The lowest BCUT2D eigenvalue weighted by Crippen LogP contribution is -2.44. The van der Waals surface area contributed by atoms with Crippen LogP contribution in [0.4, 0.5) is 0 Å². The highest BCUT2D eigenvalue weighted by molar-refractivity contribution is 7.89. The van der Waals surface area contributed by atoms with E-state index in [0.29, 0.717) is 19.4 Å². The first-order chi connectivity index (χ1) is 15.8. The molecular weight excluding hydrogens is 478 g/mol. The van der Waals surface area contributed by atoms with E-state index >= 15 is 0 Å². The highest BCUT2D eigenvalue weighted by Crippen LogP contribution is 2.36. The monoisotopic (exact) mass is 523 g/mol. The largest absolute Gasteiger partial charge is 0.457 e. The summed E-state index contributed by atoms with van der Waals surface area (Å²) in [7, 11) is -5.89. The van der Waals surface area contributed by atoms with Crippen molar-refractivity contribution < 1.29 is 22.4 Å². The van der Waals surface area contributed by atoms with E-state index in [4.69, 9.17) is 9.16 Å². The Kier molecular flexibility index (Phi) is 10.7. The fourth-order valence-corrected chi connectivity index (χ4v) is 5.87. The van der Waals surface area contributed by atoms with Crippen molar-refractivity contribution >= 4 is 24.3 Å². The third-order valence-corrected chi connectivity index (χ3v) is 12.7. The average molecular weight is 524 g/mol. The lowest BCUT2D eigenvalue weighted by molar-refractivity contribution is -0.150. The summed E-state index contributed by atoms with van der Waals surface area (Å²) < 4.78 is 40.5. The second-order valence-corrected chi connectivity index (χ2v) is 18.2. The van der Waals surface area contributed by atoms with Gasteiger partial charge >= 0.3 is 5.97 Å². The fourth-order valence-electron chi connectivity index (χ4n) is 3.16. The Labute approximate surface area is 214 Å². The van der Waals surface area contributed by atoms with Crippen LogP contribution in [0, 0.1) is 6.92 Å². The van der Waals surface area contributed by atoms with Gasteiger partial charge in [-0.3, -0.25) is 0 Å². The molecule has 0 unspecified atom stereocenters. The molecule has 0 aliphatic rings. The molecule has 0 fully saturated rings. The predicted molar refractivity (Wildman–Crippen MR) is 146 cm³/mol. The summed E-state index contributed by atoms with van der Waals surface area (Å²) in [5, 5.41) is 0.0656. The molecule has 198 valence electrons. The Bertz CT molecular complexity index is 986. The van der Waals surface area contributed by atoms with Gasteiger partial charge in [-0.15, -0.1) is 6.58 Å². The normalized spacial score (nSPS) is 14.0. The minimum Gasteiger partial charge on any atom is -0.457 e. The third kappa shape index (κ3) is 9.01. The Morgan fingerprint density at radius 1 is 1.11 bits per heavy atom. The molecule has 0 radical (unpaired) electrons. The maximum absolute atomic E-state index is 13.7. The SMILES string of the molecule is C=CCN([C@@H](CCCO[Si](C)(C)C(C)(C)C)C(=C)C(=O)OC(C)(C)C)S(=O)(=O)c1ccc(C)cc1. The van der Waals surface area contributed by atoms with Crippen molar-refractivity contribution in [2.24, 2.45) is 0 Å². The standard InChI is InChI=1S/C27H45NO5SSi/c1-12-19-28(34(30,31)23-17-15-21(2)16-18-23)24(22(3)25(29)33-26(4,5)6)14-13-20-32-35(10,11)27(7,8)9/h12,15-18,24H,1,3,13-14,19-20H2,2,4-11H3/t24-/m0/s1. The number of aryl methyl sites for hydroxylation is 1. The van der Waals surface area contributed by atoms with Crippen LogP contribution in [0.2, 0.25) is 18.1 Å². The number of carbonyl (C=O) groups is 1. The summed E-state index contributed by atoms with van der Waals surface area (Å²) in [5.74, 6) is -0.610. The lowest BCUT2D eigenvalue weighted by Gasteiger charge is -2.36. The van der Waals surface area contributed by atoms with Gasteiger partial charge in [0.25, 0.3) is 0 Å². The van der Waals surface area contributed by atoms with Crippen LogP contribution >= 0.6 is 0 Å². The molecule has 0 aromatic heterocycles. The van der Waals surface area contributed by atoms with Crippen LogP contribution < -0.4 is 0 Å². The van der Waals surface area contributed by atoms with Crippen LogP contribution in [0.1, 0.15) is 59.9 Å². The molecule has 6 nitrogen and oxygen atoms in total. The Balaban J connectivity index is 3.30. The Morgan fingerprint density at radius 2 is 1.66 bits per heavy atom. The van der Waals surface area contributed by atoms with Crippen LogP contribution in [-0.2, 0) is 24.0 Å². The maximum Gasteiger partial charge on any atom is 0.335 e. The van der Waals surface area contributed by atoms with Gasteiger partial charge in [-0.1, -0.05) is 51.1 Å². The van der Waals surface area contributed by atoms with Gasteiger partial charge in [-0.2, -0.15) is 4.31 Å². The predicted octanol–water partition coefficient (Wildman–Crippen LogP) is 6.24. The van der Waals surface area contributed by atoms with Crippen molar-refractivity contribution in [3.05, 3.63) is 54.6 Å². The molecule has 0 aliphatic carbocycles. The van der Waals surface area contributed by atoms with Gasteiger partial charge in [0.1, 0.15) is 5.60 Å². The van der Waals surface area contributed by atoms with Gasteiger partial charge in [-0.25, -0.2) is 13.2 Å². The molecule has 1 rings (SSSR count). The van der Waals surface area contributed by atoms with Gasteiger partial charge in [0, 0.05) is 18.7 Å². The number of sulfonamides is 1. The quantitative estimate of drug-likeness (QED) is 0.107. The number of rotatable bonds is 12. The van der Waals surface area contributed by atoms with Gasteiger partial charge in [0.15, 0.2) is 8.32 Å². The zero-order valence-electron chi connectivity index (χ0n) is 23.1. The smallest absolute Gasteiger partial charge is 0.335 e. The molecule has 0 bridgehead atoms. The number of carbonyl (C=O) groups excluding carboxylic acids is 1. The second-order valence-electron chi connectivity index (χ2n) is 11.5. The number of hydrogen-bond acceptors (Lipinski definition) is 5. The van der Waals surface area contributed by atoms with E-state index in [0.717, 1.165) is 5.56 Å². The number of ether oxygens (including phenoxy) is 1. The molecular formula is C27H45NO5SSi. The van der Waals surface area contributed by atoms with Crippen molar-refractivity contribution in [2.75, 3.05) is 13.2 Å². The van der Waals surface area contributed by atoms with E-state index in [9.17, 15) is 13.2 Å². The number of benzene rings is 1. The summed E-state index contributed by atoms with van der Waals surface area (Å²) in [5.41, 5.74) is 0.330. The number of esters is 1. The molecule has 0 saturated heterocycles. The van der Waals surface area contributed by atoms with Crippen LogP contribution in [0.15, 0.2) is 54.0 Å². The van der Waals surface area contributed by atoms with Crippen LogP contribution in [0.3, 0.4) is 0 Å². The first kappa shape index (κ1) is 31.3. The zero-order valence-corrected chi connectivity index (χ0v) is 24.9. The lowest BCUT2D eigenvalue weighted by atomic mass is 10.0. The summed E-state index contributed by atoms with van der Waals surface area (Å²) in [6.07, 6.45) is 2.45. The molecule has 0 amide bonds. The van der Waals surface area contributed by atoms with Crippen molar-refractivity contribution in [1.29, 1.82) is 0 Å². The number of hydrogen-bond donors (Lipinski definition) is 0. The van der Waals surface area contributed by atoms with Gasteiger partial charge in [0.2, 0.25) is 10.0 Å². The van der Waals surface area contributed by atoms with E-state index in [-0.39, 0.29) is 22.1 Å². The minimum atomic E-state index is -3.93. The summed E-state index contributed by atoms with van der Waals surface area (Å²) in [6.45, 7) is 26.3. The number of nitrogens with zero attached hydrogens (tertiary/aromatic N) is 1. The summed E-state index contributed by atoms with van der Waals surface area (Å²) in [4.78, 5) is 13.1. The fraction of sp³-hybridized carbons (Fsp3) is 0.593.